The van der Waals surface area contributed by atoms with Gasteiger partial charge in [0.2, 0.25) is 0 Å². The zero-order valence-corrected chi connectivity index (χ0v) is 30.7. The summed E-state index contributed by atoms with van der Waals surface area (Å²) in [4.78, 5) is 15.3. The van der Waals surface area contributed by atoms with Gasteiger partial charge in [-0.05, 0) is 98.0 Å². The van der Waals surface area contributed by atoms with Crippen LogP contribution in [0, 0.1) is 0 Å². The molecule has 12 aromatic rings. The number of hydrogen-bond acceptors (Lipinski definition) is 5. The zero-order chi connectivity index (χ0) is 36.7. The summed E-state index contributed by atoms with van der Waals surface area (Å²) in [6.45, 7) is 0. The van der Waals surface area contributed by atoms with Crippen molar-refractivity contribution in [1.29, 1.82) is 0 Å². The van der Waals surface area contributed by atoms with E-state index in [1.165, 1.54) is 58.2 Å². The van der Waals surface area contributed by atoms with E-state index in [0.717, 1.165) is 44.0 Å². The lowest BCUT2D eigenvalue weighted by atomic mass is 9.91. The Bertz CT molecular complexity index is 3550. The smallest absolute Gasteiger partial charge is 0.164 e. The highest BCUT2D eigenvalue weighted by atomic mass is 32.1. The van der Waals surface area contributed by atoms with Crippen molar-refractivity contribution in [2.75, 3.05) is 0 Å². The number of para-hydroxylation sites is 1. The number of fused-ring (bicyclic) bond motifs is 12. The standard InChI is InChI=1S/C51H29N3OS/c1-2-10-30(11-3-1)49-52-50(54-51(53-49)34-20-24-46-43(29-34)39-14-6-8-16-45(39)55-46)33-19-23-37-35-12-4-5-13-36(35)41-26-31(18-22-38(41)42(37)28-33)32-21-25-48-44(27-32)40-15-7-9-17-47(40)56-48/h1-29H. The average molecular weight is 732 g/mol. The first-order valence-corrected chi connectivity index (χ1v) is 19.6. The van der Waals surface area contributed by atoms with E-state index in [2.05, 4.69) is 115 Å². The molecular weight excluding hydrogens is 703 g/mol. The van der Waals surface area contributed by atoms with Crippen LogP contribution in [0.1, 0.15) is 0 Å². The van der Waals surface area contributed by atoms with E-state index in [-0.39, 0.29) is 0 Å². The van der Waals surface area contributed by atoms with Crippen LogP contribution in [0.15, 0.2) is 180 Å². The summed E-state index contributed by atoms with van der Waals surface area (Å²) in [5.74, 6) is 1.87. The molecule has 3 heterocycles. The largest absolute Gasteiger partial charge is 0.456 e. The van der Waals surface area contributed by atoms with Gasteiger partial charge >= 0.3 is 0 Å². The summed E-state index contributed by atoms with van der Waals surface area (Å²) in [6, 6.07) is 62.3. The van der Waals surface area contributed by atoms with Gasteiger partial charge in [0, 0.05) is 47.6 Å². The second kappa shape index (κ2) is 12.2. The summed E-state index contributed by atoms with van der Waals surface area (Å²) in [6.07, 6.45) is 0. The number of furan rings is 1. The lowest BCUT2D eigenvalue weighted by Gasteiger charge is -2.14. The van der Waals surface area contributed by atoms with E-state index in [1.54, 1.807) is 0 Å². The van der Waals surface area contributed by atoms with Gasteiger partial charge in [0.05, 0.1) is 0 Å². The monoisotopic (exact) mass is 731 g/mol. The molecule has 12 rings (SSSR count). The molecule has 0 spiro atoms. The number of rotatable bonds is 4. The van der Waals surface area contributed by atoms with Crippen LogP contribution in [-0.4, -0.2) is 15.0 Å². The first-order chi connectivity index (χ1) is 27.7. The van der Waals surface area contributed by atoms with Crippen molar-refractivity contribution in [3.05, 3.63) is 176 Å². The third kappa shape index (κ3) is 4.88. The molecule has 0 radical (unpaired) electrons. The molecule has 260 valence electrons. The Morgan fingerprint density at radius 3 is 1.52 bits per heavy atom. The van der Waals surface area contributed by atoms with Crippen LogP contribution in [0.2, 0.25) is 0 Å². The first kappa shape index (κ1) is 31.2. The Kier molecular flexibility index (Phi) is 6.76. The Hall–Kier alpha value is -7.21. The van der Waals surface area contributed by atoms with E-state index in [4.69, 9.17) is 19.4 Å². The normalized spacial score (nSPS) is 11.9. The minimum atomic E-state index is 0.615. The number of benzene rings is 9. The van der Waals surface area contributed by atoms with E-state index in [1.807, 2.05) is 72.0 Å². The molecule has 0 fully saturated rings. The minimum Gasteiger partial charge on any atom is -0.456 e. The van der Waals surface area contributed by atoms with E-state index < -0.39 is 0 Å². The SMILES string of the molecule is c1ccc(-c2nc(-c3ccc4oc5ccccc5c4c3)nc(-c3ccc4c5ccccc5c5cc(-c6ccc7sc8ccccc8c7c6)ccc5c4c3)n2)cc1. The van der Waals surface area contributed by atoms with Gasteiger partial charge in [0.25, 0.3) is 0 Å². The maximum atomic E-state index is 6.14. The maximum absolute atomic E-state index is 6.14. The highest BCUT2D eigenvalue weighted by molar-refractivity contribution is 7.25. The minimum absolute atomic E-state index is 0.615. The third-order valence-corrected chi connectivity index (χ3v) is 12.3. The van der Waals surface area contributed by atoms with Crippen molar-refractivity contribution < 1.29 is 4.42 Å². The molecule has 4 nitrogen and oxygen atoms in total. The van der Waals surface area contributed by atoms with Gasteiger partial charge in [0.15, 0.2) is 17.5 Å². The molecule has 0 aliphatic rings. The number of nitrogens with zero attached hydrogens (tertiary/aromatic N) is 3. The molecule has 0 aliphatic heterocycles. The predicted molar refractivity (Wildman–Crippen MR) is 234 cm³/mol. The fourth-order valence-corrected chi connectivity index (χ4v) is 9.48. The van der Waals surface area contributed by atoms with Crippen LogP contribution in [0.25, 0.3) is 120 Å². The predicted octanol–water partition coefficient (Wildman–Crippen LogP) is 14.3. The van der Waals surface area contributed by atoms with Crippen molar-refractivity contribution in [2.45, 2.75) is 0 Å². The fourth-order valence-electron chi connectivity index (χ4n) is 8.40. The molecule has 0 amide bonds. The highest BCUT2D eigenvalue weighted by Crippen LogP contribution is 2.41. The zero-order valence-electron chi connectivity index (χ0n) is 29.9. The van der Waals surface area contributed by atoms with Crippen molar-refractivity contribution >= 4 is 85.8 Å². The third-order valence-electron chi connectivity index (χ3n) is 11.1. The lowest BCUT2D eigenvalue weighted by Crippen LogP contribution is -2.00. The summed E-state index contributed by atoms with van der Waals surface area (Å²) in [7, 11) is 0. The average Bonchev–Trinajstić information content (AvgIpc) is 3.84. The number of aromatic nitrogens is 3. The van der Waals surface area contributed by atoms with Crippen LogP contribution in [0.3, 0.4) is 0 Å². The molecule has 0 N–H and O–H groups in total. The van der Waals surface area contributed by atoms with Crippen LogP contribution >= 0.6 is 11.3 Å². The Balaban J connectivity index is 1.05. The van der Waals surface area contributed by atoms with Crippen LogP contribution in [-0.2, 0) is 0 Å². The van der Waals surface area contributed by atoms with Gasteiger partial charge < -0.3 is 4.42 Å². The first-order valence-electron chi connectivity index (χ1n) is 18.8. The fraction of sp³-hybridized carbons (Fsp3) is 0. The second-order valence-corrected chi connectivity index (χ2v) is 15.4. The maximum Gasteiger partial charge on any atom is 0.164 e. The van der Waals surface area contributed by atoms with Crippen LogP contribution in [0.5, 0.6) is 0 Å². The van der Waals surface area contributed by atoms with Crippen LogP contribution in [0.4, 0.5) is 0 Å². The van der Waals surface area contributed by atoms with Gasteiger partial charge in [-0.3, -0.25) is 0 Å². The number of hydrogen-bond donors (Lipinski definition) is 0. The van der Waals surface area contributed by atoms with E-state index in [9.17, 15) is 0 Å². The van der Waals surface area contributed by atoms with Gasteiger partial charge in [0.1, 0.15) is 11.2 Å². The van der Waals surface area contributed by atoms with Gasteiger partial charge in [-0.25, -0.2) is 15.0 Å². The highest BCUT2D eigenvalue weighted by Gasteiger charge is 2.17. The van der Waals surface area contributed by atoms with Crippen LogP contribution < -0.4 is 0 Å². The van der Waals surface area contributed by atoms with Gasteiger partial charge in [-0.2, -0.15) is 0 Å². The van der Waals surface area contributed by atoms with Gasteiger partial charge in [-0.1, -0.05) is 121 Å². The summed E-state index contributed by atoms with van der Waals surface area (Å²) in [5.41, 5.74) is 6.89. The number of thiophene rings is 1. The molecule has 3 aromatic heterocycles. The second-order valence-electron chi connectivity index (χ2n) is 14.4. The molecule has 5 heteroatoms. The molecule has 0 atom stereocenters. The molecule has 0 aliphatic carbocycles. The molecule has 9 aromatic carbocycles. The molecule has 0 saturated carbocycles. The van der Waals surface area contributed by atoms with Crippen molar-refractivity contribution in [2.24, 2.45) is 0 Å². The molecule has 56 heavy (non-hydrogen) atoms. The van der Waals surface area contributed by atoms with Crippen molar-refractivity contribution in [3.8, 4) is 45.3 Å². The molecule has 0 saturated heterocycles. The molecule has 0 unspecified atom stereocenters. The Morgan fingerprint density at radius 1 is 0.286 bits per heavy atom. The Morgan fingerprint density at radius 2 is 0.750 bits per heavy atom. The van der Waals surface area contributed by atoms with E-state index >= 15 is 0 Å². The summed E-state index contributed by atoms with van der Waals surface area (Å²) >= 11 is 1.85. The molecule has 0 bridgehead atoms. The lowest BCUT2D eigenvalue weighted by molar-refractivity contribution is 0.669. The quantitative estimate of drug-likeness (QED) is 0.169. The Labute approximate surface area is 325 Å². The van der Waals surface area contributed by atoms with Gasteiger partial charge in [-0.15, -0.1) is 11.3 Å². The molecular formula is C51H29N3OS. The van der Waals surface area contributed by atoms with Crippen molar-refractivity contribution in [1.82, 2.24) is 15.0 Å². The van der Waals surface area contributed by atoms with Crippen molar-refractivity contribution in [3.63, 3.8) is 0 Å². The topological polar surface area (TPSA) is 51.8 Å². The summed E-state index contributed by atoms with van der Waals surface area (Å²) < 4.78 is 8.78. The summed E-state index contributed by atoms with van der Waals surface area (Å²) in [5, 5.41) is 12.0. The van der Waals surface area contributed by atoms with E-state index in [0.29, 0.717) is 17.5 Å².